The minimum atomic E-state index is -2.95. The lowest BCUT2D eigenvalue weighted by molar-refractivity contribution is -0.138. The molecule has 0 N–H and O–H groups in total. The van der Waals surface area contributed by atoms with Crippen molar-refractivity contribution in [2.75, 3.05) is 14.2 Å². The first-order valence-corrected chi connectivity index (χ1v) is 7.63. The number of methoxy groups -OCH3 is 2. The van der Waals surface area contributed by atoms with Gasteiger partial charge in [0, 0.05) is 11.6 Å². The number of esters is 1. The van der Waals surface area contributed by atoms with Gasteiger partial charge in [0.05, 0.1) is 14.2 Å². The van der Waals surface area contributed by atoms with Crippen molar-refractivity contribution in [2.24, 2.45) is 0 Å². The number of para-hydroxylation sites is 1. The molecule has 7 heteroatoms. The number of rotatable bonds is 8. The molecular formula is C19H18F2O5. The fourth-order valence-corrected chi connectivity index (χ4v) is 2.16. The summed E-state index contributed by atoms with van der Waals surface area (Å²) in [6.45, 7) is -2.99. The fourth-order valence-electron chi connectivity index (χ4n) is 2.16. The fraction of sp³-hybridized carbons (Fsp3) is 0.211. The van der Waals surface area contributed by atoms with E-state index in [1.54, 1.807) is 25.3 Å². The molecule has 0 aliphatic carbocycles. The van der Waals surface area contributed by atoms with Crippen LogP contribution in [0.1, 0.15) is 11.1 Å². The molecule has 2 aromatic carbocycles. The number of alkyl halides is 2. The molecular weight excluding hydrogens is 346 g/mol. The highest BCUT2D eigenvalue weighted by Crippen LogP contribution is 2.29. The van der Waals surface area contributed by atoms with Crippen LogP contribution in [0.5, 0.6) is 17.2 Å². The van der Waals surface area contributed by atoms with Gasteiger partial charge < -0.3 is 18.9 Å². The van der Waals surface area contributed by atoms with Gasteiger partial charge in [-0.1, -0.05) is 24.3 Å². The van der Waals surface area contributed by atoms with Gasteiger partial charge >= 0.3 is 12.6 Å². The summed E-state index contributed by atoms with van der Waals surface area (Å²) >= 11 is 0. The maximum absolute atomic E-state index is 12.3. The Kier molecular flexibility index (Phi) is 6.96. The Morgan fingerprint density at radius 2 is 1.77 bits per heavy atom. The first-order chi connectivity index (χ1) is 12.5. The molecule has 2 aromatic rings. The van der Waals surface area contributed by atoms with Gasteiger partial charge in [0.15, 0.2) is 11.5 Å². The molecule has 0 atom stereocenters. The Bertz CT molecular complexity index is 774. The topological polar surface area (TPSA) is 54.0 Å². The van der Waals surface area contributed by atoms with E-state index in [4.69, 9.17) is 14.2 Å². The van der Waals surface area contributed by atoms with Crippen molar-refractivity contribution in [2.45, 2.75) is 13.2 Å². The second-order valence-corrected chi connectivity index (χ2v) is 5.05. The molecule has 0 spiro atoms. The number of carbonyl (C=O) groups is 1. The third-order valence-corrected chi connectivity index (χ3v) is 3.36. The Morgan fingerprint density at radius 1 is 1.04 bits per heavy atom. The van der Waals surface area contributed by atoms with Gasteiger partial charge in [-0.05, 0) is 29.8 Å². The van der Waals surface area contributed by atoms with Crippen molar-refractivity contribution in [1.82, 2.24) is 0 Å². The molecule has 0 heterocycles. The van der Waals surface area contributed by atoms with Gasteiger partial charge in [-0.3, -0.25) is 0 Å². The van der Waals surface area contributed by atoms with Crippen LogP contribution in [0.4, 0.5) is 8.78 Å². The molecule has 26 heavy (non-hydrogen) atoms. The van der Waals surface area contributed by atoms with Crippen molar-refractivity contribution in [1.29, 1.82) is 0 Å². The highest BCUT2D eigenvalue weighted by Gasteiger charge is 2.11. The maximum atomic E-state index is 12.3. The lowest BCUT2D eigenvalue weighted by atomic mass is 10.2. The highest BCUT2D eigenvalue weighted by atomic mass is 19.3. The third-order valence-electron chi connectivity index (χ3n) is 3.36. The van der Waals surface area contributed by atoms with Crippen LogP contribution in [0.25, 0.3) is 6.08 Å². The van der Waals surface area contributed by atoms with Crippen molar-refractivity contribution in [3.8, 4) is 17.2 Å². The van der Waals surface area contributed by atoms with Crippen molar-refractivity contribution in [3.63, 3.8) is 0 Å². The Hall–Kier alpha value is -3.09. The largest absolute Gasteiger partial charge is 0.496 e. The number of ether oxygens (including phenoxy) is 4. The summed E-state index contributed by atoms with van der Waals surface area (Å²) in [6.07, 6.45) is 2.87. The minimum absolute atomic E-state index is 0.0413. The summed E-state index contributed by atoms with van der Waals surface area (Å²) in [5.74, 6) is 0.121. The second kappa shape index (κ2) is 9.41. The van der Waals surface area contributed by atoms with E-state index in [1.807, 2.05) is 12.1 Å². The summed E-state index contributed by atoms with van der Waals surface area (Å²) in [5, 5.41) is 0. The second-order valence-electron chi connectivity index (χ2n) is 5.05. The zero-order valence-corrected chi connectivity index (χ0v) is 14.3. The molecule has 0 fully saturated rings. The predicted octanol–water partition coefficient (Wildman–Crippen LogP) is 4.06. The normalized spacial score (nSPS) is 10.8. The van der Waals surface area contributed by atoms with Gasteiger partial charge in [0.2, 0.25) is 0 Å². The Morgan fingerprint density at radius 3 is 2.46 bits per heavy atom. The molecule has 0 aromatic heterocycles. The third kappa shape index (κ3) is 5.47. The summed E-state index contributed by atoms with van der Waals surface area (Å²) in [7, 11) is 2.87. The van der Waals surface area contributed by atoms with E-state index in [-0.39, 0.29) is 18.1 Å². The Balaban J connectivity index is 1.97. The van der Waals surface area contributed by atoms with Gasteiger partial charge in [-0.25, -0.2) is 4.79 Å². The van der Waals surface area contributed by atoms with Crippen molar-refractivity contribution in [3.05, 3.63) is 59.7 Å². The maximum Gasteiger partial charge on any atom is 0.387 e. The minimum Gasteiger partial charge on any atom is -0.496 e. The summed E-state index contributed by atoms with van der Waals surface area (Å²) in [6, 6.07) is 11.5. The van der Waals surface area contributed by atoms with Gasteiger partial charge in [0.25, 0.3) is 0 Å². The first-order valence-electron chi connectivity index (χ1n) is 7.63. The molecule has 2 rings (SSSR count). The number of carbonyl (C=O) groups excluding carboxylic acids is 1. The molecule has 0 unspecified atom stereocenters. The summed E-state index contributed by atoms with van der Waals surface area (Å²) in [5.41, 5.74) is 1.31. The summed E-state index contributed by atoms with van der Waals surface area (Å²) in [4.78, 5) is 11.9. The molecule has 0 saturated heterocycles. The molecule has 0 bridgehead atoms. The predicted molar refractivity (Wildman–Crippen MR) is 91.5 cm³/mol. The first kappa shape index (κ1) is 19.2. The Labute approximate surface area is 149 Å². The van der Waals surface area contributed by atoms with Crippen molar-refractivity contribution < 1.29 is 32.5 Å². The highest BCUT2D eigenvalue weighted by molar-refractivity contribution is 5.87. The smallest absolute Gasteiger partial charge is 0.387 e. The van der Waals surface area contributed by atoms with E-state index in [0.717, 1.165) is 5.56 Å². The van der Waals surface area contributed by atoms with Gasteiger partial charge in [0.1, 0.15) is 12.4 Å². The average molecular weight is 364 g/mol. The van der Waals surface area contributed by atoms with Crippen LogP contribution in [0, 0.1) is 0 Å². The van der Waals surface area contributed by atoms with Crippen molar-refractivity contribution >= 4 is 12.0 Å². The van der Waals surface area contributed by atoms with Crippen LogP contribution in [0.2, 0.25) is 0 Å². The number of halogens is 2. The quantitative estimate of drug-likeness (QED) is 0.522. The van der Waals surface area contributed by atoms with Crippen LogP contribution in [0.3, 0.4) is 0 Å². The zero-order chi connectivity index (χ0) is 18.9. The molecule has 0 saturated carbocycles. The van der Waals surface area contributed by atoms with E-state index >= 15 is 0 Å². The number of benzene rings is 2. The van der Waals surface area contributed by atoms with Gasteiger partial charge in [-0.15, -0.1) is 0 Å². The number of hydrogen-bond donors (Lipinski definition) is 0. The average Bonchev–Trinajstić information content (AvgIpc) is 2.65. The number of hydrogen-bond acceptors (Lipinski definition) is 5. The summed E-state index contributed by atoms with van der Waals surface area (Å²) < 4.78 is 44.3. The van der Waals surface area contributed by atoms with E-state index in [0.29, 0.717) is 11.3 Å². The molecule has 0 aliphatic rings. The van der Waals surface area contributed by atoms with Crippen LogP contribution in [-0.4, -0.2) is 26.8 Å². The molecule has 0 radical (unpaired) electrons. The van der Waals surface area contributed by atoms with Crippen LogP contribution < -0.4 is 14.2 Å². The van der Waals surface area contributed by atoms with Gasteiger partial charge in [-0.2, -0.15) is 8.78 Å². The standard InChI is InChI=1S/C19H18F2O5/c1-23-15-6-4-3-5-14(15)8-10-18(22)25-12-13-7-9-16(26-19(20)21)17(11-13)24-2/h3-11,19H,12H2,1-2H3/b10-8+. The molecule has 5 nitrogen and oxygen atoms in total. The van der Waals surface area contributed by atoms with E-state index in [1.165, 1.54) is 31.4 Å². The zero-order valence-electron chi connectivity index (χ0n) is 14.3. The lowest BCUT2D eigenvalue weighted by Crippen LogP contribution is -2.05. The molecule has 138 valence electrons. The van der Waals surface area contributed by atoms with E-state index in [2.05, 4.69) is 4.74 Å². The van der Waals surface area contributed by atoms with Crippen LogP contribution in [-0.2, 0) is 16.1 Å². The van der Waals surface area contributed by atoms with Crippen LogP contribution >= 0.6 is 0 Å². The SMILES string of the molecule is COc1ccccc1/C=C/C(=O)OCc1ccc(OC(F)F)c(OC)c1. The molecule has 0 aliphatic heterocycles. The lowest BCUT2D eigenvalue weighted by Gasteiger charge is -2.11. The molecule has 0 amide bonds. The van der Waals surface area contributed by atoms with E-state index in [9.17, 15) is 13.6 Å². The van der Waals surface area contributed by atoms with E-state index < -0.39 is 12.6 Å². The monoisotopic (exact) mass is 364 g/mol. The van der Waals surface area contributed by atoms with Crippen LogP contribution in [0.15, 0.2) is 48.5 Å².